The lowest BCUT2D eigenvalue weighted by Crippen LogP contribution is -2.47. The van der Waals surface area contributed by atoms with E-state index >= 15 is 0 Å². The lowest BCUT2D eigenvalue weighted by Gasteiger charge is -2.34. The van der Waals surface area contributed by atoms with Crippen LogP contribution in [0.1, 0.15) is 55.0 Å². The Morgan fingerprint density at radius 3 is 2.58 bits per heavy atom. The Kier molecular flexibility index (Phi) is 5.99. The number of carbonyl (C=O) groups is 2. The average molecular weight is 422 g/mol. The fourth-order valence-corrected chi connectivity index (χ4v) is 5.23. The largest absolute Gasteiger partial charge is 0.352 e. The van der Waals surface area contributed by atoms with E-state index in [-0.39, 0.29) is 41.8 Å². The maximum atomic E-state index is 13.6. The molecule has 0 radical (unpaired) electrons. The quantitative estimate of drug-likeness (QED) is 0.794. The van der Waals surface area contributed by atoms with Gasteiger partial charge in [0.1, 0.15) is 0 Å². The van der Waals surface area contributed by atoms with Crippen LogP contribution in [0.3, 0.4) is 0 Å². The molecule has 2 heterocycles. The van der Waals surface area contributed by atoms with Gasteiger partial charge in [0, 0.05) is 35.4 Å². The number of amides is 2. The Hall–Kier alpha value is -2.89. The fourth-order valence-electron chi connectivity index (χ4n) is 5.23. The van der Waals surface area contributed by atoms with Gasteiger partial charge in [-0.15, -0.1) is 0 Å². The molecular weight excluding hydrogens is 390 g/mol. The second kappa shape index (κ2) is 8.69. The van der Waals surface area contributed by atoms with E-state index in [1.807, 2.05) is 43.0 Å². The van der Waals surface area contributed by atoms with Crippen molar-refractivity contribution in [2.24, 2.45) is 11.8 Å². The molecule has 0 spiro atoms. The van der Waals surface area contributed by atoms with E-state index in [4.69, 9.17) is 0 Å². The van der Waals surface area contributed by atoms with Crippen molar-refractivity contribution in [3.05, 3.63) is 63.1 Å². The van der Waals surface area contributed by atoms with Crippen molar-refractivity contribution in [2.45, 2.75) is 65.5 Å². The summed E-state index contributed by atoms with van der Waals surface area (Å²) in [5.41, 5.74) is 4.23. The molecule has 1 aromatic carbocycles. The molecule has 1 aliphatic carbocycles. The van der Waals surface area contributed by atoms with Crippen LogP contribution >= 0.6 is 0 Å². The molecule has 0 saturated heterocycles. The number of hydrogen-bond donors (Lipinski definition) is 2. The first-order chi connectivity index (χ1) is 14.9. The average Bonchev–Trinajstić information content (AvgIpc) is 3.08. The van der Waals surface area contributed by atoms with E-state index < -0.39 is 0 Å². The molecule has 6 heteroatoms. The zero-order chi connectivity index (χ0) is 22.1. The molecule has 31 heavy (non-hydrogen) atoms. The molecule has 2 N–H and O–H groups in total. The van der Waals surface area contributed by atoms with Crippen LogP contribution in [0.4, 0.5) is 5.69 Å². The van der Waals surface area contributed by atoms with Crippen LogP contribution in [0, 0.1) is 25.7 Å². The number of H-pyrrole nitrogens is 1. The van der Waals surface area contributed by atoms with E-state index in [0.29, 0.717) is 12.0 Å². The summed E-state index contributed by atoms with van der Waals surface area (Å²) in [6.07, 6.45) is 4.18. The number of hydrogen-bond acceptors (Lipinski definition) is 3. The molecular formula is C25H31N3O3. The number of anilines is 1. The summed E-state index contributed by atoms with van der Waals surface area (Å²) in [7, 11) is 0. The van der Waals surface area contributed by atoms with E-state index in [2.05, 4.69) is 23.3 Å². The van der Waals surface area contributed by atoms with E-state index in [0.717, 1.165) is 42.6 Å². The first-order valence-corrected chi connectivity index (χ1v) is 11.2. The minimum atomic E-state index is -0.356. The summed E-state index contributed by atoms with van der Waals surface area (Å²) >= 11 is 0. The van der Waals surface area contributed by atoms with Crippen molar-refractivity contribution >= 4 is 17.5 Å². The number of carbonyl (C=O) groups excluding carboxylic acids is 2. The van der Waals surface area contributed by atoms with Crippen molar-refractivity contribution < 1.29 is 9.59 Å². The monoisotopic (exact) mass is 421 g/mol. The highest BCUT2D eigenvalue weighted by atomic mass is 16.2. The minimum absolute atomic E-state index is 0.0571. The molecule has 1 saturated carbocycles. The molecule has 2 aromatic rings. The van der Waals surface area contributed by atoms with E-state index in [9.17, 15) is 14.4 Å². The van der Waals surface area contributed by atoms with Crippen molar-refractivity contribution in [1.82, 2.24) is 10.3 Å². The zero-order valence-electron chi connectivity index (χ0n) is 18.5. The molecule has 4 rings (SSSR count). The Morgan fingerprint density at radius 2 is 1.84 bits per heavy atom. The maximum Gasteiger partial charge on any atom is 0.253 e. The first-order valence-electron chi connectivity index (χ1n) is 11.2. The number of benzene rings is 1. The predicted octanol–water partition coefficient (Wildman–Crippen LogP) is 3.39. The SMILES string of the molecule is Cc1cc(C)c(CNC(=O)C2CCCCC2C(=O)N2c3ccccc3CC2C)c(=O)[nH]1. The van der Waals surface area contributed by atoms with Gasteiger partial charge in [0.15, 0.2) is 0 Å². The second-order valence-electron chi connectivity index (χ2n) is 9.05. The summed E-state index contributed by atoms with van der Waals surface area (Å²) in [6.45, 7) is 5.97. The number of pyridine rings is 1. The zero-order valence-corrected chi connectivity index (χ0v) is 18.5. The van der Waals surface area contributed by atoms with Gasteiger partial charge in [-0.1, -0.05) is 31.0 Å². The third-order valence-electron chi connectivity index (χ3n) is 6.80. The number of fused-ring (bicyclic) bond motifs is 1. The Balaban J connectivity index is 1.51. The van der Waals surface area contributed by atoms with Crippen molar-refractivity contribution in [2.75, 3.05) is 4.90 Å². The summed E-state index contributed by atoms with van der Waals surface area (Å²) in [4.78, 5) is 43.7. The topological polar surface area (TPSA) is 82.3 Å². The molecule has 0 bridgehead atoms. The van der Waals surface area contributed by atoms with Gasteiger partial charge in [-0.25, -0.2) is 0 Å². The number of aromatic nitrogens is 1. The highest BCUT2D eigenvalue weighted by Crippen LogP contribution is 2.38. The van der Waals surface area contributed by atoms with Crippen LogP contribution in [0.5, 0.6) is 0 Å². The maximum absolute atomic E-state index is 13.6. The lowest BCUT2D eigenvalue weighted by atomic mass is 9.77. The fraction of sp³-hybridized carbons (Fsp3) is 0.480. The molecule has 3 unspecified atom stereocenters. The normalized spacial score (nSPS) is 22.8. The van der Waals surface area contributed by atoms with Gasteiger partial charge in [-0.05, 0) is 63.3 Å². The van der Waals surface area contributed by atoms with Crippen LogP contribution < -0.4 is 15.8 Å². The third-order valence-corrected chi connectivity index (χ3v) is 6.80. The standard InChI is InChI=1S/C25H31N3O3/c1-15-12-16(2)27-24(30)21(15)14-26-23(29)19-9-5-6-10-20(19)25(31)28-17(3)13-18-8-4-7-11-22(18)28/h4,7-8,11-12,17,19-20H,5-6,9-10,13-14H2,1-3H3,(H,26,29)(H,27,30). The van der Waals surface area contributed by atoms with Gasteiger partial charge in [0.05, 0.1) is 5.92 Å². The number of aryl methyl sites for hydroxylation is 2. The molecule has 2 aliphatic rings. The molecule has 164 valence electrons. The minimum Gasteiger partial charge on any atom is -0.352 e. The van der Waals surface area contributed by atoms with Gasteiger partial charge in [0.2, 0.25) is 11.8 Å². The number of nitrogens with zero attached hydrogens (tertiary/aromatic N) is 1. The number of aromatic amines is 1. The molecule has 2 amide bonds. The predicted molar refractivity (Wildman–Crippen MR) is 121 cm³/mol. The Labute approximate surface area is 183 Å². The molecule has 3 atom stereocenters. The van der Waals surface area contributed by atoms with E-state index in [1.54, 1.807) is 0 Å². The van der Waals surface area contributed by atoms with Crippen LogP contribution in [0.15, 0.2) is 35.1 Å². The smallest absolute Gasteiger partial charge is 0.253 e. The molecule has 1 aromatic heterocycles. The Morgan fingerprint density at radius 1 is 1.13 bits per heavy atom. The summed E-state index contributed by atoms with van der Waals surface area (Å²) < 4.78 is 0. The van der Waals surface area contributed by atoms with Gasteiger partial charge in [0.25, 0.3) is 5.56 Å². The van der Waals surface area contributed by atoms with Gasteiger partial charge < -0.3 is 15.2 Å². The summed E-state index contributed by atoms with van der Waals surface area (Å²) in [5, 5.41) is 2.95. The summed E-state index contributed by atoms with van der Waals surface area (Å²) in [6, 6.07) is 10.0. The Bertz CT molecular complexity index is 1060. The number of rotatable bonds is 4. The van der Waals surface area contributed by atoms with Crippen LogP contribution in [0.25, 0.3) is 0 Å². The first kappa shape index (κ1) is 21.3. The van der Waals surface area contributed by atoms with Crippen molar-refractivity contribution in [3.8, 4) is 0 Å². The summed E-state index contributed by atoms with van der Waals surface area (Å²) in [5.74, 6) is -0.745. The van der Waals surface area contributed by atoms with E-state index in [1.165, 1.54) is 5.56 Å². The third kappa shape index (κ3) is 4.16. The molecule has 1 aliphatic heterocycles. The number of para-hydroxylation sites is 1. The van der Waals surface area contributed by atoms with Gasteiger partial charge in [-0.3, -0.25) is 14.4 Å². The second-order valence-corrected chi connectivity index (χ2v) is 9.05. The highest BCUT2D eigenvalue weighted by molar-refractivity contribution is 6.00. The van der Waals surface area contributed by atoms with Crippen LogP contribution in [-0.4, -0.2) is 22.8 Å². The molecule has 6 nitrogen and oxygen atoms in total. The van der Waals surface area contributed by atoms with Gasteiger partial charge in [-0.2, -0.15) is 0 Å². The lowest BCUT2D eigenvalue weighted by molar-refractivity contribution is -0.135. The van der Waals surface area contributed by atoms with Crippen molar-refractivity contribution in [1.29, 1.82) is 0 Å². The number of nitrogens with one attached hydrogen (secondary N) is 2. The highest BCUT2D eigenvalue weighted by Gasteiger charge is 2.41. The van der Waals surface area contributed by atoms with Crippen LogP contribution in [-0.2, 0) is 22.6 Å². The van der Waals surface area contributed by atoms with Gasteiger partial charge >= 0.3 is 0 Å². The van der Waals surface area contributed by atoms with Crippen LogP contribution in [0.2, 0.25) is 0 Å². The molecule has 1 fully saturated rings. The van der Waals surface area contributed by atoms with Crippen molar-refractivity contribution in [3.63, 3.8) is 0 Å².